The average Bonchev–Trinajstić information content (AvgIpc) is 3.09. The number of piperidine rings is 1. The highest BCUT2D eigenvalue weighted by molar-refractivity contribution is 7.03. The van der Waals surface area contributed by atoms with E-state index >= 15 is 0 Å². The molecule has 3 rings (SSSR count). The second kappa shape index (κ2) is 7.35. The van der Waals surface area contributed by atoms with Crippen LogP contribution in [0.3, 0.4) is 0 Å². The molecule has 0 spiro atoms. The molecule has 1 aromatic carbocycles. The van der Waals surface area contributed by atoms with Gasteiger partial charge < -0.3 is 4.74 Å². The van der Waals surface area contributed by atoms with Crippen molar-refractivity contribution in [2.45, 2.75) is 26.2 Å². The molecule has 6 heteroatoms. The van der Waals surface area contributed by atoms with E-state index in [0.717, 1.165) is 35.8 Å². The molecule has 0 bridgehead atoms. The van der Waals surface area contributed by atoms with Crippen molar-refractivity contribution in [1.82, 2.24) is 14.6 Å². The topological polar surface area (TPSA) is 50.6 Å². The maximum absolute atomic E-state index is 5.79. The minimum atomic E-state index is 0.522. The number of hydrogen-bond donors (Lipinski definition) is 0. The van der Waals surface area contributed by atoms with Gasteiger partial charge in [0.05, 0.1) is 5.71 Å². The fraction of sp³-hybridized carbons (Fsp3) is 0.438. The lowest BCUT2D eigenvalue weighted by Gasteiger charge is -2.24. The van der Waals surface area contributed by atoms with E-state index in [0.29, 0.717) is 6.61 Å². The molecule has 1 aliphatic rings. The molecule has 0 unspecified atom stereocenters. The van der Waals surface area contributed by atoms with Gasteiger partial charge in [0.1, 0.15) is 18.1 Å². The SMILES string of the molecule is C/C(COc1ccc(-c2csnn2)cc1)=N/N1CCCCC1. The monoisotopic (exact) mass is 316 g/mol. The third kappa shape index (κ3) is 4.04. The molecule has 5 nitrogen and oxygen atoms in total. The van der Waals surface area contributed by atoms with E-state index in [1.165, 1.54) is 30.8 Å². The normalized spacial score (nSPS) is 15.9. The fourth-order valence-corrected chi connectivity index (χ4v) is 2.91. The summed E-state index contributed by atoms with van der Waals surface area (Å²) in [5.41, 5.74) is 2.97. The Kier molecular flexibility index (Phi) is 5.00. The molecule has 1 aliphatic heterocycles. The first-order chi connectivity index (χ1) is 10.8. The third-order valence-corrected chi connectivity index (χ3v) is 4.11. The van der Waals surface area contributed by atoms with E-state index in [2.05, 4.69) is 19.7 Å². The molecular weight excluding hydrogens is 296 g/mol. The Labute approximate surface area is 134 Å². The first-order valence-electron chi connectivity index (χ1n) is 7.60. The molecule has 0 aliphatic carbocycles. The maximum atomic E-state index is 5.79. The van der Waals surface area contributed by atoms with Gasteiger partial charge in [-0.05, 0) is 62.0 Å². The van der Waals surface area contributed by atoms with Crippen molar-refractivity contribution in [2.75, 3.05) is 19.7 Å². The second-order valence-electron chi connectivity index (χ2n) is 5.45. The lowest BCUT2D eigenvalue weighted by molar-refractivity contribution is 0.236. The van der Waals surface area contributed by atoms with Crippen molar-refractivity contribution >= 4 is 17.2 Å². The highest BCUT2D eigenvalue weighted by Gasteiger charge is 2.08. The van der Waals surface area contributed by atoms with Crippen LogP contribution in [0.5, 0.6) is 5.75 Å². The van der Waals surface area contributed by atoms with E-state index in [-0.39, 0.29) is 0 Å². The zero-order chi connectivity index (χ0) is 15.2. The quantitative estimate of drug-likeness (QED) is 0.793. The van der Waals surface area contributed by atoms with Crippen LogP contribution in [0.25, 0.3) is 11.3 Å². The molecule has 116 valence electrons. The van der Waals surface area contributed by atoms with Gasteiger partial charge in [-0.3, -0.25) is 5.01 Å². The Morgan fingerprint density at radius 1 is 1.23 bits per heavy atom. The standard InChI is InChI=1S/C16H20N4OS/c1-13(18-20-9-3-2-4-10-20)11-21-15-7-5-14(6-8-15)16-12-22-19-17-16/h5-8,12H,2-4,9-11H2,1H3/b18-13-. The molecule has 1 fully saturated rings. The first-order valence-corrected chi connectivity index (χ1v) is 8.44. The predicted octanol–water partition coefficient (Wildman–Crippen LogP) is 3.45. The number of hydrazone groups is 1. The van der Waals surface area contributed by atoms with Gasteiger partial charge in [0.2, 0.25) is 0 Å². The van der Waals surface area contributed by atoms with E-state index in [1.807, 2.05) is 36.6 Å². The van der Waals surface area contributed by atoms with Gasteiger partial charge in [-0.25, -0.2) is 0 Å². The summed E-state index contributed by atoms with van der Waals surface area (Å²) in [7, 11) is 0. The summed E-state index contributed by atoms with van der Waals surface area (Å²) in [5, 5.41) is 12.8. The van der Waals surface area contributed by atoms with E-state index in [4.69, 9.17) is 4.74 Å². The van der Waals surface area contributed by atoms with Crippen LogP contribution in [-0.2, 0) is 0 Å². The van der Waals surface area contributed by atoms with Crippen LogP contribution in [0.4, 0.5) is 0 Å². The number of rotatable bonds is 5. The average molecular weight is 316 g/mol. The summed E-state index contributed by atoms with van der Waals surface area (Å²) >= 11 is 1.36. The third-order valence-electron chi connectivity index (χ3n) is 3.60. The zero-order valence-corrected chi connectivity index (χ0v) is 13.6. The molecule has 0 radical (unpaired) electrons. The lowest BCUT2D eigenvalue weighted by atomic mass is 10.2. The Morgan fingerprint density at radius 3 is 2.68 bits per heavy atom. The van der Waals surface area contributed by atoms with Gasteiger partial charge in [0, 0.05) is 24.0 Å². The number of hydrogen-bond acceptors (Lipinski definition) is 6. The van der Waals surface area contributed by atoms with Crippen LogP contribution in [0, 0.1) is 0 Å². The van der Waals surface area contributed by atoms with Gasteiger partial charge in [0.15, 0.2) is 0 Å². The fourth-order valence-electron chi connectivity index (χ4n) is 2.45. The van der Waals surface area contributed by atoms with Crippen LogP contribution in [0.15, 0.2) is 34.7 Å². The smallest absolute Gasteiger partial charge is 0.128 e. The predicted molar refractivity (Wildman–Crippen MR) is 89.4 cm³/mol. The van der Waals surface area contributed by atoms with Crippen LogP contribution in [-0.4, -0.2) is 40.0 Å². The molecule has 1 aromatic heterocycles. The van der Waals surface area contributed by atoms with Crippen LogP contribution in [0.2, 0.25) is 0 Å². The summed E-state index contributed by atoms with van der Waals surface area (Å²) in [6, 6.07) is 7.93. The summed E-state index contributed by atoms with van der Waals surface area (Å²) in [6.45, 7) is 4.67. The highest BCUT2D eigenvalue weighted by Crippen LogP contribution is 2.21. The molecule has 22 heavy (non-hydrogen) atoms. The van der Waals surface area contributed by atoms with Gasteiger partial charge in [0.25, 0.3) is 0 Å². The lowest BCUT2D eigenvalue weighted by Crippen LogP contribution is -2.26. The zero-order valence-electron chi connectivity index (χ0n) is 12.7. The molecular formula is C16H20N4OS. The molecule has 0 saturated carbocycles. The van der Waals surface area contributed by atoms with E-state index in [1.54, 1.807) is 0 Å². The summed E-state index contributed by atoms with van der Waals surface area (Å²) < 4.78 is 9.67. The largest absolute Gasteiger partial charge is 0.488 e. The van der Waals surface area contributed by atoms with Gasteiger partial charge >= 0.3 is 0 Å². The van der Waals surface area contributed by atoms with Crippen LogP contribution >= 0.6 is 11.5 Å². The van der Waals surface area contributed by atoms with Crippen molar-refractivity contribution in [1.29, 1.82) is 0 Å². The molecule has 1 saturated heterocycles. The minimum Gasteiger partial charge on any atom is -0.488 e. The van der Waals surface area contributed by atoms with Crippen molar-refractivity contribution in [2.24, 2.45) is 5.10 Å². The maximum Gasteiger partial charge on any atom is 0.128 e. The van der Waals surface area contributed by atoms with Crippen molar-refractivity contribution < 1.29 is 4.74 Å². The number of benzene rings is 1. The molecule has 2 aromatic rings. The van der Waals surface area contributed by atoms with E-state index in [9.17, 15) is 0 Å². The van der Waals surface area contributed by atoms with Crippen molar-refractivity contribution in [3.8, 4) is 17.0 Å². The second-order valence-corrected chi connectivity index (χ2v) is 6.06. The summed E-state index contributed by atoms with van der Waals surface area (Å²) in [5.74, 6) is 0.847. The van der Waals surface area contributed by atoms with Crippen LogP contribution < -0.4 is 4.74 Å². The van der Waals surface area contributed by atoms with Gasteiger partial charge in [-0.2, -0.15) is 5.10 Å². The number of ether oxygens (including phenoxy) is 1. The van der Waals surface area contributed by atoms with E-state index < -0.39 is 0 Å². The first kappa shape index (κ1) is 15.0. The molecule has 0 N–H and O–H groups in total. The number of aromatic nitrogens is 2. The summed E-state index contributed by atoms with van der Waals surface area (Å²) in [4.78, 5) is 0. The van der Waals surface area contributed by atoms with Crippen LogP contribution in [0.1, 0.15) is 26.2 Å². The Balaban J connectivity index is 1.53. The summed E-state index contributed by atoms with van der Waals surface area (Å²) in [6.07, 6.45) is 3.80. The molecule has 0 atom stereocenters. The van der Waals surface area contributed by atoms with Gasteiger partial charge in [-0.1, -0.05) is 4.49 Å². The number of nitrogens with zero attached hydrogens (tertiary/aromatic N) is 4. The van der Waals surface area contributed by atoms with Crippen molar-refractivity contribution in [3.05, 3.63) is 29.6 Å². The minimum absolute atomic E-state index is 0.522. The molecule has 0 amide bonds. The van der Waals surface area contributed by atoms with Gasteiger partial charge in [-0.15, -0.1) is 5.10 Å². The Hall–Kier alpha value is -1.95. The highest BCUT2D eigenvalue weighted by atomic mass is 32.1. The molecule has 2 heterocycles. The van der Waals surface area contributed by atoms with Crippen molar-refractivity contribution in [3.63, 3.8) is 0 Å². The Morgan fingerprint density at radius 2 is 2.00 bits per heavy atom. The Bertz CT molecular complexity index is 604.